The normalized spacial score (nSPS) is 11.1. The van der Waals surface area contributed by atoms with Crippen molar-refractivity contribution in [3.63, 3.8) is 0 Å². The molecule has 6 heteroatoms. The first kappa shape index (κ1) is 13.3. The summed E-state index contributed by atoms with van der Waals surface area (Å²) in [5, 5.41) is 1.21. The molecule has 0 aliphatic heterocycles. The molecule has 3 N–H and O–H groups in total. The van der Waals surface area contributed by atoms with Crippen LogP contribution in [0, 0.1) is 5.82 Å². The lowest BCUT2D eigenvalue weighted by Crippen LogP contribution is -1.85. The number of halogens is 2. The summed E-state index contributed by atoms with van der Waals surface area (Å²) < 4.78 is 13.0. The molecule has 0 saturated carbocycles. The fourth-order valence-corrected chi connectivity index (χ4v) is 3.06. The second kappa shape index (κ2) is 5.34. The predicted octanol–water partition coefficient (Wildman–Crippen LogP) is 4.23. The number of rotatable bonds is 3. The molecule has 3 rings (SSSR count). The molecule has 20 heavy (non-hydrogen) atoms. The van der Waals surface area contributed by atoms with Gasteiger partial charge in [0.15, 0.2) is 5.16 Å². The number of H-pyrrole nitrogens is 1. The number of hydrogen-bond donors (Lipinski definition) is 2. The Morgan fingerprint density at radius 3 is 2.90 bits per heavy atom. The Hall–Kier alpha value is -1.72. The van der Waals surface area contributed by atoms with Gasteiger partial charge in [0.2, 0.25) is 0 Å². The van der Waals surface area contributed by atoms with E-state index in [0.29, 0.717) is 16.5 Å². The zero-order valence-corrected chi connectivity index (χ0v) is 11.9. The first-order valence-corrected chi connectivity index (χ1v) is 7.30. The van der Waals surface area contributed by atoms with Crippen molar-refractivity contribution in [2.24, 2.45) is 0 Å². The van der Waals surface area contributed by atoms with Crippen LogP contribution in [0.25, 0.3) is 11.0 Å². The van der Waals surface area contributed by atoms with Crippen LogP contribution >= 0.6 is 23.4 Å². The highest BCUT2D eigenvalue weighted by atomic mass is 35.5. The van der Waals surface area contributed by atoms with Crippen LogP contribution in [0.3, 0.4) is 0 Å². The van der Waals surface area contributed by atoms with Gasteiger partial charge in [-0.25, -0.2) is 9.37 Å². The lowest BCUT2D eigenvalue weighted by atomic mass is 10.2. The standard InChI is InChI=1S/C14H11ClFN3S/c15-11-5-9(16)2-1-8(11)7-20-14-18-12-4-3-10(17)6-13(12)19-14/h1-6H,7,17H2,(H,18,19). The van der Waals surface area contributed by atoms with Crippen LogP contribution in [-0.2, 0) is 5.75 Å². The zero-order chi connectivity index (χ0) is 14.1. The molecule has 2 aromatic carbocycles. The molecular weight excluding hydrogens is 297 g/mol. The fourth-order valence-electron chi connectivity index (χ4n) is 1.86. The second-order valence-electron chi connectivity index (χ2n) is 4.34. The van der Waals surface area contributed by atoms with Gasteiger partial charge in [0.1, 0.15) is 5.82 Å². The molecule has 3 aromatic rings. The number of nitrogens with two attached hydrogens (primary N) is 1. The Morgan fingerprint density at radius 1 is 1.25 bits per heavy atom. The number of aromatic amines is 1. The lowest BCUT2D eigenvalue weighted by molar-refractivity contribution is 0.627. The summed E-state index contributed by atoms with van der Waals surface area (Å²) >= 11 is 7.51. The molecule has 0 aliphatic carbocycles. The summed E-state index contributed by atoms with van der Waals surface area (Å²) in [6, 6.07) is 9.94. The number of aromatic nitrogens is 2. The zero-order valence-electron chi connectivity index (χ0n) is 10.4. The molecule has 3 nitrogen and oxygen atoms in total. The number of thioether (sulfide) groups is 1. The number of hydrogen-bond acceptors (Lipinski definition) is 3. The molecule has 0 radical (unpaired) electrons. The highest BCUT2D eigenvalue weighted by Crippen LogP contribution is 2.27. The SMILES string of the molecule is Nc1ccc2nc(SCc3ccc(F)cc3Cl)[nH]c2c1. The van der Waals surface area contributed by atoms with Gasteiger partial charge in [-0.15, -0.1) is 0 Å². The molecule has 102 valence electrons. The van der Waals surface area contributed by atoms with Crippen LogP contribution in [0.2, 0.25) is 5.02 Å². The summed E-state index contributed by atoms with van der Waals surface area (Å²) in [6.45, 7) is 0. The summed E-state index contributed by atoms with van der Waals surface area (Å²) in [7, 11) is 0. The van der Waals surface area contributed by atoms with Crippen LogP contribution in [0.15, 0.2) is 41.6 Å². The minimum Gasteiger partial charge on any atom is -0.399 e. The van der Waals surface area contributed by atoms with Gasteiger partial charge in [-0.05, 0) is 35.9 Å². The Labute approximate surface area is 124 Å². The van der Waals surface area contributed by atoms with E-state index in [9.17, 15) is 4.39 Å². The van der Waals surface area contributed by atoms with Crippen molar-refractivity contribution in [2.75, 3.05) is 5.73 Å². The minimum absolute atomic E-state index is 0.331. The maximum absolute atomic E-state index is 13.0. The van der Waals surface area contributed by atoms with E-state index in [-0.39, 0.29) is 5.82 Å². The van der Waals surface area contributed by atoms with Crippen molar-refractivity contribution in [1.82, 2.24) is 9.97 Å². The largest absolute Gasteiger partial charge is 0.399 e. The highest BCUT2D eigenvalue weighted by Gasteiger charge is 2.07. The molecule has 0 unspecified atom stereocenters. The number of nitrogens with zero attached hydrogens (tertiary/aromatic N) is 1. The van der Waals surface area contributed by atoms with Gasteiger partial charge in [-0.1, -0.05) is 29.4 Å². The molecule has 0 aliphatic rings. The first-order valence-electron chi connectivity index (χ1n) is 5.94. The Morgan fingerprint density at radius 2 is 2.10 bits per heavy atom. The Balaban J connectivity index is 1.79. The van der Waals surface area contributed by atoms with Crippen LogP contribution in [0.1, 0.15) is 5.56 Å². The second-order valence-corrected chi connectivity index (χ2v) is 5.71. The third-order valence-electron chi connectivity index (χ3n) is 2.86. The molecule has 0 amide bonds. The Kier molecular flexibility index (Phi) is 3.54. The van der Waals surface area contributed by atoms with Gasteiger partial charge < -0.3 is 10.7 Å². The molecule has 0 atom stereocenters. The number of anilines is 1. The fraction of sp³-hybridized carbons (Fsp3) is 0.0714. The van der Waals surface area contributed by atoms with E-state index in [1.54, 1.807) is 6.07 Å². The third-order valence-corrected chi connectivity index (χ3v) is 4.14. The molecule has 1 heterocycles. The van der Waals surface area contributed by atoms with E-state index in [2.05, 4.69) is 9.97 Å². The van der Waals surface area contributed by atoms with Crippen molar-refractivity contribution >= 4 is 40.1 Å². The maximum Gasteiger partial charge on any atom is 0.166 e. The third kappa shape index (κ3) is 2.73. The number of imidazole rings is 1. The van der Waals surface area contributed by atoms with Crippen molar-refractivity contribution in [1.29, 1.82) is 0 Å². The first-order chi connectivity index (χ1) is 9.61. The van der Waals surface area contributed by atoms with Crippen LogP contribution in [-0.4, -0.2) is 9.97 Å². The topological polar surface area (TPSA) is 54.7 Å². The minimum atomic E-state index is -0.331. The van der Waals surface area contributed by atoms with Gasteiger partial charge in [0, 0.05) is 16.5 Å². The van der Waals surface area contributed by atoms with Crippen molar-refractivity contribution in [3.05, 3.63) is 52.8 Å². The van der Waals surface area contributed by atoms with Crippen molar-refractivity contribution < 1.29 is 4.39 Å². The van der Waals surface area contributed by atoms with Crippen molar-refractivity contribution in [3.8, 4) is 0 Å². The summed E-state index contributed by atoms with van der Waals surface area (Å²) in [6.07, 6.45) is 0. The van der Waals surface area contributed by atoms with E-state index in [0.717, 1.165) is 21.8 Å². The molecule has 0 fully saturated rings. The number of fused-ring (bicyclic) bond motifs is 1. The lowest BCUT2D eigenvalue weighted by Gasteiger charge is -2.02. The van der Waals surface area contributed by atoms with Gasteiger partial charge in [0.25, 0.3) is 0 Å². The summed E-state index contributed by atoms with van der Waals surface area (Å²) in [5.74, 6) is 0.289. The van der Waals surface area contributed by atoms with Crippen LogP contribution in [0.4, 0.5) is 10.1 Å². The molecule has 1 aromatic heterocycles. The molecule has 0 saturated heterocycles. The molecular formula is C14H11ClFN3S. The quantitative estimate of drug-likeness (QED) is 0.562. The number of nitrogen functional groups attached to an aromatic ring is 1. The van der Waals surface area contributed by atoms with Gasteiger partial charge in [-0.2, -0.15) is 0 Å². The summed E-state index contributed by atoms with van der Waals surface area (Å²) in [4.78, 5) is 7.64. The van der Waals surface area contributed by atoms with E-state index >= 15 is 0 Å². The van der Waals surface area contributed by atoms with Gasteiger partial charge >= 0.3 is 0 Å². The highest BCUT2D eigenvalue weighted by molar-refractivity contribution is 7.98. The average Bonchev–Trinajstić information content (AvgIpc) is 2.79. The molecule has 0 bridgehead atoms. The van der Waals surface area contributed by atoms with E-state index < -0.39 is 0 Å². The van der Waals surface area contributed by atoms with Crippen LogP contribution in [0.5, 0.6) is 0 Å². The van der Waals surface area contributed by atoms with E-state index in [1.165, 1.54) is 23.9 Å². The monoisotopic (exact) mass is 307 g/mol. The Bertz CT molecular complexity index is 772. The van der Waals surface area contributed by atoms with Crippen molar-refractivity contribution in [2.45, 2.75) is 10.9 Å². The smallest absolute Gasteiger partial charge is 0.166 e. The maximum atomic E-state index is 13.0. The average molecular weight is 308 g/mol. The van der Waals surface area contributed by atoms with E-state index in [1.807, 2.05) is 18.2 Å². The molecule has 0 spiro atoms. The van der Waals surface area contributed by atoms with Crippen LogP contribution < -0.4 is 5.73 Å². The predicted molar refractivity (Wildman–Crippen MR) is 81.5 cm³/mol. The summed E-state index contributed by atoms with van der Waals surface area (Å²) in [5.41, 5.74) is 9.06. The number of nitrogens with one attached hydrogen (secondary N) is 1. The number of benzene rings is 2. The van der Waals surface area contributed by atoms with E-state index in [4.69, 9.17) is 17.3 Å². The van der Waals surface area contributed by atoms with Gasteiger partial charge in [0.05, 0.1) is 11.0 Å². The van der Waals surface area contributed by atoms with Gasteiger partial charge in [-0.3, -0.25) is 0 Å².